The highest BCUT2D eigenvalue weighted by molar-refractivity contribution is 7.85. The van der Waals surface area contributed by atoms with Crippen LogP contribution in [0, 0.1) is 12.3 Å². The van der Waals surface area contributed by atoms with Crippen molar-refractivity contribution in [3.8, 4) is 0 Å². The molecule has 0 amide bonds. The highest BCUT2D eigenvalue weighted by Gasteiger charge is 2.23. The van der Waals surface area contributed by atoms with Crippen LogP contribution in [0.15, 0.2) is 23.1 Å². The fourth-order valence-electron chi connectivity index (χ4n) is 1.67. The van der Waals surface area contributed by atoms with Crippen LogP contribution in [0.5, 0.6) is 0 Å². The van der Waals surface area contributed by atoms with E-state index in [2.05, 4.69) is 0 Å². The Bertz CT molecular complexity index is 503. The predicted octanol–water partition coefficient (Wildman–Crippen LogP) is 1.80. The maximum absolute atomic E-state index is 11.2. The molecular formula is C12H18O4S. The van der Waals surface area contributed by atoms with Crippen molar-refractivity contribution < 1.29 is 18.1 Å². The van der Waals surface area contributed by atoms with Crippen molar-refractivity contribution in [3.05, 3.63) is 29.3 Å². The van der Waals surface area contributed by atoms with Gasteiger partial charge in [0.05, 0.1) is 4.90 Å². The largest absolute Gasteiger partial charge is 0.396 e. The minimum atomic E-state index is -4.21. The number of hydrogen-bond acceptors (Lipinski definition) is 3. The van der Waals surface area contributed by atoms with Crippen LogP contribution >= 0.6 is 0 Å². The van der Waals surface area contributed by atoms with Gasteiger partial charge in [0.15, 0.2) is 0 Å². The second kappa shape index (κ2) is 4.76. The predicted molar refractivity (Wildman–Crippen MR) is 65.6 cm³/mol. The Morgan fingerprint density at radius 1 is 1.29 bits per heavy atom. The summed E-state index contributed by atoms with van der Waals surface area (Å²) in [6, 6.07) is 4.76. The van der Waals surface area contributed by atoms with Gasteiger partial charge in [0, 0.05) is 6.61 Å². The highest BCUT2D eigenvalue weighted by atomic mass is 32.2. The van der Waals surface area contributed by atoms with Crippen molar-refractivity contribution >= 4 is 10.1 Å². The third-order valence-electron chi connectivity index (χ3n) is 2.59. The molecule has 0 saturated carbocycles. The van der Waals surface area contributed by atoms with Gasteiger partial charge in [-0.25, -0.2) is 0 Å². The fraction of sp³-hybridized carbons (Fsp3) is 0.500. The molecule has 0 saturated heterocycles. The fourth-order valence-corrected chi connectivity index (χ4v) is 2.37. The lowest BCUT2D eigenvalue weighted by molar-refractivity contribution is 0.159. The van der Waals surface area contributed by atoms with Crippen LogP contribution in [0.3, 0.4) is 0 Å². The van der Waals surface area contributed by atoms with E-state index >= 15 is 0 Å². The molecule has 0 heterocycles. The van der Waals surface area contributed by atoms with E-state index in [1.54, 1.807) is 12.1 Å². The Balaban J connectivity index is 3.27. The molecule has 5 heteroatoms. The van der Waals surface area contributed by atoms with Gasteiger partial charge in [-0.3, -0.25) is 4.55 Å². The normalized spacial score (nSPS) is 12.8. The Morgan fingerprint density at radius 3 is 2.35 bits per heavy atom. The zero-order chi connectivity index (χ0) is 13.3. The van der Waals surface area contributed by atoms with Gasteiger partial charge in [0.2, 0.25) is 0 Å². The average molecular weight is 258 g/mol. The molecule has 17 heavy (non-hydrogen) atoms. The SMILES string of the molecule is Cc1ccc(S(=O)(=O)O)c(CC(C)(C)CO)c1. The first-order chi connectivity index (χ1) is 7.65. The Labute approximate surface area is 102 Å². The second-order valence-electron chi connectivity index (χ2n) is 5.09. The molecule has 1 aromatic carbocycles. The number of aryl methyl sites for hydroxylation is 1. The topological polar surface area (TPSA) is 74.6 Å². The van der Waals surface area contributed by atoms with Crippen molar-refractivity contribution in [2.75, 3.05) is 6.61 Å². The first-order valence-corrected chi connectivity index (χ1v) is 6.78. The lowest BCUT2D eigenvalue weighted by atomic mass is 9.86. The van der Waals surface area contributed by atoms with E-state index in [4.69, 9.17) is 4.55 Å². The summed E-state index contributed by atoms with van der Waals surface area (Å²) < 4.78 is 31.6. The number of hydrogen-bond donors (Lipinski definition) is 2. The number of rotatable bonds is 4. The second-order valence-corrected chi connectivity index (χ2v) is 6.48. The van der Waals surface area contributed by atoms with Gasteiger partial charge in [0.1, 0.15) is 0 Å². The van der Waals surface area contributed by atoms with Gasteiger partial charge in [-0.1, -0.05) is 31.5 Å². The summed E-state index contributed by atoms with van der Waals surface area (Å²) in [5.74, 6) is 0. The van der Waals surface area contributed by atoms with Crippen molar-refractivity contribution in [1.29, 1.82) is 0 Å². The summed E-state index contributed by atoms with van der Waals surface area (Å²) in [7, 11) is -4.21. The summed E-state index contributed by atoms with van der Waals surface area (Å²) in [6.07, 6.45) is 0.389. The Hall–Kier alpha value is -0.910. The van der Waals surface area contributed by atoms with Crippen LogP contribution in [-0.2, 0) is 16.5 Å². The van der Waals surface area contributed by atoms with Crippen molar-refractivity contribution in [3.63, 3.8) is 0 Å². The maximum atomic E-state index is 11.2. The molecule has 96 valence electrons. The van der Waals surface area contributed by atoms with Gasteiger partial charge in [-0.15, -0.1) is 0 Å². The van der Waals surface area contributed by atoms with Crippen LogP contribution in [0.25, 0.3) is 0 Å². The quantitative estimate of drug-likeness (QED) is 0.808. The monoisotopic (exact) mass is 258 g/mol. The standard InChI is InChI=1S/C12H18O4S/c1-9-4-5-11(17(14,15)16)10(6-9)7-12(2,3)8-13/h4-6,13H,7-8H2,1-3H3,(H,14,15,16). The molecule has 1 rings (SSSR count). The maximum Gasteiger partial charge on any atom is 0.294 e. The zero-order valence-electron chi connectivity index (χ0n) is 10.3. The van der Waals surface area contributed by atoms with E-state index in [0.29, 0.717) is 12.0 Å². The van der Waals surface area contributed by atoms with Gasteiger partial charge in [0.25, 0.3) is 10.1 Å². The van der Waals surface area contributed by atoms with Crippen LogP contribution in [-0.4, -0.2) is 24.7 Å². The van der Waals surface area contributed by atoms with E-state index < -0.39 is 15.5 Å². The molecule has 0 bridgehead atoms. The third-order valence-corrected chi connectivity index (χ3v) is 3.55. The average Bonchev–Trinajstić information content (AvgIpc) is 2.15. The molecule has 0 aliphatic rings. The van der Waals surface area contributed by atoms with Crippen LogP contribution < -0.4 is 0 Å². The lowest BCUT2D eigenvalue weighted by Crippen LogP contribution is -2.21. The number of benzene rings is 1. The smallest absolute Gasteiger partial charge is 0.294 e. The molecule has 4 nitrogen and oxygen atoms in total. The minimum Gasteiger partial charge on any atom is -0.396 e. The van der Waals surface area contributed by atoms with Gasteiger partial charge < -0.3 is 5.11 Å². The third kappa shape index (κ3) is 3.80. The van der Waals surface area contributed by atoms with E-state index in [1.165, 1.54) is 6.07 Å². The van der Waals surface area contributed by atoms with E-state index in [0.717, 1.165) is 5.56 Å². The zero-order valence-corrected chi connectivity index (χ0v) is 11.1. The molecule has 0 aromatic heterocycles. The van der Waals surface area contributed by atoms with Gasteiger partial charge in [-0.2, -0.15) is 8.42 Å². The molecule has 0 aliphatic carbocycles. The lowest BCUT2D eigenvalue weighted by Gasteiger charge is -2.22. The van der Waals surface area contributed by atoms with E-state index in [9.17, 15) is 13.5 Å². The molecular weight excluding hydrogens is 240 g/mol. The Morgan fingerprint density at radius 2 is 1.88 bits per heavy atom. The van der Waals surface area contributed by atoms with E-state index in [-0.39, 0.29) is 11.5 Å². The molecule has 0 fully saturated rings. The minimum absolute atomic E-state index is 0.0497. The molecule has 2 N–H and O–H groups in total. The van der Waals surface area contributed by atoms with E-state index in [1.807, 2.05) is 20.8 Å². The van der Waals surface area contributed by atoms with Crippen LogP contribution in [0.2, 0.25) is 0 Å². The summed E-state index contributed by atoms with van der Waals surface area (Å²) in [5.41, 5.74) is 1.03. The highest BCUT2D eigenvalue weighted by Crippen LogP contribution is 2.26. The summed E-state index contributed by atoms with van der Waals surface area (Å²) in [6.45, 7) is 5.47. The first-order valence-electron chi connectivity index (χ1n) is 5.33. The molecule has 0 aliphatic heterocycles. The van der Waals surface area contributed by atoms with Crippen LogP contribution in [0.4, 0.5) is 0 Å². The summed E-state index contributed by atoms with van der Waals surface area (Å²) >= 11 is 0. The molecule has 1 aromatic rings. The van der Waals surface area contributed by atoms with Gasteiger partial charge in [-0.05, 0) is 30.4 Å². The molecule has 0 unspecified atom stereocenters. The number of aliphatic hydroxyl groups is 1. The van der Waals surface area contributed by atoms with Gasteiger partial charge >= 0.3 is 0 Å². The molecule has 0 radical (unpaired) electrons. The Kier molecular flexibility index (Phi) is 3.96. The molecule has 0 atom stereocenters. The van der Waals surface area contributed by atoms with Crippen molar-refractivity contribution in [1.82, 2.24) is 0 Å². The first kappa shape index (κ1) is 14.2. The molecule has 0 spiro atoms. The number of aliphatic hydroxyl groups excluding tert-OH is 1. The summed E-state index contributed by atoms with van der Waals surface area (Å²) in [5, 5.41) is 9.21. The summed E-state index contributed by atoms with van der Waals surface area (Å²) in [4.78, 5) is -0.0791. The van der Waals surface area contributed by atoms with Crippen molar-refractivity contribution in [2.24, 2.45) is 5.41 Å². The van der Waals surface area contributed by atoms with Crippen LogP contribution in [0.1, 0.15) is 25.0 Å². The van der Waals surface area contributed by atoms with Crippen molar-refractivity contribution in [2.45, 2.75) is 32.1 Å².